The third-order valence-corrected chi connectivity index (χ3v) is 3.98. The molecule has 21 heavy (non-hydrogen) atoms. The molecule has 0 saturated carbocycles. The van der Waals surface area contributed by atoms with Gasteiger partial charge in [0.05, 0.1) is 13.3 Å². The van der Waals surface area contributed by atoms with E-state index in [9.17, 15) is 0 Å². The van der Waals surface area contributed by atoms with Crippen LogP contribution in [0, 0.1) is 6.92 Å². The second kappa shape index (κ2) is 6.76. The van der Waals surface area contributed by atoms with Crippen LogP contribution in [0.15, 0.2) is 30.5 Å². The fourth-order valence-corrected chi connectivity index (χ4v) is 2.63. The predicted molar refractivity (Wildman–Crippen MR) is 85.7 cm³/mol. The molecule has 1 aromatic heterocycles. The van der Waals surface area contributed by atoms with E-state index in [0.29, 0.717) is 12.1 Å². The first-order valence-electron chi connectivity index (χ1n) is 7.38. The second-order valence-corrected chi connectivity index (χ2v) is 5.65. The van der Waals surface area contributed by atoms with E-state index >= 15 is 0 Å². The molecule has 4 nitrogen and oxygen atoms in total. The van der Waals surface area contributed by atoms with Gasteiger partial charge in [0.2, 0.25) is 0 Å². The first-order valence-corrected chi connectivity index (χ1v) is 7.38. The van der Waals surface area contributed by atoms with Crippen molar-refractivity contribution in [1.82, 2.24) is 15.1 Å². The molecule has 1 N–H and O–H groups in total. The highest BCUT2D eigenvalue weighted by Gasteiger charge is 2.14. The van der Waals surface area contributed by atoms with Crippen LogP contribution >= 0.6 is 0 Å². The van der Waals surface area contributed by atoms with Crippen LogP contribution in [0.3, 0.4) is 0 Å². The number of methoxy groups -OCH3 is 1. The highest BCUT2D eigenvalue weighted by atomic mass is 16.5. The summed E-state index contributed by atoms with van der Waals surface area (Å²) in [6.07, 6.45) is 2.95. The molecule has 4 heteroatoms. The lowest BCUT2D eigenvalue weighted by atomic mass is 10.0. The first kappa shape index (κ1) is 15.6. The SMILES string of the molecule is COc1ccc(CC(C)NC(C)c2cnn(C)c2C)cc1. The van der Waals surface area contributed by atoms with Gasteiger partial charge < -0.3 is 10.1 Å². The van der Waals surface area contributed by atoms with Gasteiger partial charge in [-0.2, -0.15) is 5.10 Å². The Hall–Kier alpha value is -1.81. The highest BCUT2D eigenvalue weighted by molar-refractivity contribution is 5.27. The lowest BCUT2D eigenvalue weighted by Crippen LogP contribution is -2.30. The number of hydrogen-bond donors (Lipinski definition) is 1. The number of aromatic nitrogens is 2. The van der Waals surface area contributed by atoms with Crippen molar-refractivity contribution >= 4 is 0 Å². The maximum absolute atomic E-state index is 5.19. The summed E-state index contributed by atoms with van der Waals surface area (Å²) in [5.41, 5.74) is 3.79. The zero-order valence-corrected chi connectivity index (χ0v) is 13.6. The van der Waals surface area contributed by atoms with E-state index in [4.69, 9.17) is 4.74 Å². The van der Waals surface area contributed by atoms with Gasteiger partial charge in [-0.25, -0.2) is 0 Å². The van der Waals surface area contributed by atoms with Crippen LogP contribution < -0.4 is 10.1 Å². The zero-order valence-electron chi connectivity index (χ0n) is 13.6. The van der Waals surface area contributed by atoms with E-state index in [-0.39, 0.29) is 0 Å². The molecular formula is C17H25N3O. The summed E-state index contributed by atoms with van der Waals surface area (Å²) in [6, 6.07) is 8.96. The lowest BCUT2D eigenvalue weighted by Gasteiger charge is -2.20. The van der Waals surface area contributed by atoms with Crippen LogP contribution in [-0.2, 0) is 13.5 Å². The molecule has 0 aliphatic rings. The largest absolute Gasteiger partial charge is 0.497 e. The standard InChI is InChI=1S/C17H25N3O/c1-12(10-15-6-8-16(21-5)9-7-15)19-13(2)17-11-18-20(4)14(17)3/h6-9,11-13,19H,10H2,1-5H3. The Morgan fingerprint density at radius 2 is 1.90 bits per heavy atom. The topological polar surface area (TPSA) is 39.1 Å². The summed E-state index contributed by atoms with van der Waals surface area (Å²) in [6.45, 7) is 6.51. The Balaban J connectivity index is 1.94. The number of aryl methyl sites for hydroxylation is 1. The monoisotopic (exact) mass is 287 g/mol. The quantitative estimate of drug-likeness (QED) is 0.887. The molecule has 2 unspecified atom stereocenters. The Labute approximate surface area is 127 Å². The molecule has 0 radical (unpaired) electrons. The van der Waals surface area contributed by atoms with Crippen molar-refractivity contribution in [1.29, 1.82) is 0 Å². The minimum absolute atomic E-state index is 0.298. The Morgan fingerprint density at radius 1 is 1.24 bits per heavy atom. The van der Waals surface area contributed by atoms with Crippen LogP contribution in [0.5, 0.6) is 5.75 Å². The second-order valence-electron chi connectivity index (χ2n) is 5.65. The number of ether oxygens (including phenoxy) is 1. The molecule has 0 fully saturated rings. The predicted octanol–water partition coefficient (Wildman–Crippen LogP) is 3.02. The third kappa shape index (κ3) is 3.85. The molecule has 2 aromatic rings. The normalized spacial score (nSPS) is 14.0. The highest BCUT2D eigenvalue weighted by Crippen LogP contribution is 2.18. The Morgan fingerprint density at radius 3 is 2.43 bits per heavy atom. The van der Waals surface area contributed by atoms with Crippen LogP contribution in [0.2, 0.25) is 0 Å². The molecule has 2 rings (SSSR count). The minimum Gasteiger partial charge on any atom is -0.497 e. The van der Waals surface area contributed by atoms with E-state index in [1.807, 2.05) is 30.1 Å². The molecule has 0 aliphatic carbocycles. The number of rotatable bonds is 6. The molecule has 0 spiro atoms. The van der Waals surface area contributed by atoms with Crippen molar-refractivity contribution in [3.8, 4) is 5.75 Å². The van der Waals surface area contributed by atoms with Gasteiger partial charge in [-0.1, -0.05) is 12.1 Å². The molecule has 1 aromatic carbocycles. The van der Waals surface area contributed by atoms with Crippen molar-refractivity contribution in [2.45, 2.75) is 39.3 Å². The summed E-state index contributed by atoms with van der Waals surface area (Å²) in [5.74, 6) is 0.902. The maximum Gasteiger partial charge on any atom is 0.118 e. The minimum atomic E-state index is 0.298. The van der Waals surface area contributed by atoms with Gasteiger partial charge in [0, 0.05) is 30.4 Å². The molecule has 0 aliphatic heterocycles. The van der Waals surface area contributed by atoms with Gasteiger partial charge >= 0.3 is 0 Å². The fraction of sp³-hybridized carbons (Fsp3) is 0.471. The van der Waals surface area contributed by atoms with Gasteiger partial charge in [-0.15, -0.1) is 0 Å². The summed E-state index contributed by atoms with van der Waals surface area (Å²) in [4.78, 5) is 0. The molecule has 1 heterocycles. The van der Waals surface area contributed by atoms with E-state index in [1.165, 1.54) is 16.8 Å². The number of hydrogen-bond acceptors (Lipinski definition) is 3. The van der Waals surface area contributed by atoms with E-state index in [2.05, 4.69) is 43.3 Å². The number of nitrogens with one attached hydrogen (secondary N) is 1. The van der Waals surface area contributed by atoms with Crippen LogP contribution in [0.4, 0.5) is 0 Å². The molecule has 114 valence electrons. The third-order valence-electron chi connectivity index (χ3n) is 3.98. The maximum atomic E-state index is 5.19. The van der Waals surface area contributed by atoms with Crippen molar-refractivity contribution < 1.29 is 4.74 Å². The first-order chi connectivity index (χ1) is 10.0. The zero-order chi connectivity index (χ0) is 15.4. The van der Waals surface area contributed by atoms with Crippen molar-refractivity contribution in [2.75, 3.05) is 7.11 Å². The van der Waals surface area contributed by atoms with Crippen molar-refractivity contribution in [3.63, 3.8) is 0 Å². The average Bonchev–Trinajstić information content (AvgIpc) is 2.79. The van der Waals surface area contributed by atoms with Crippen LogP contribution in [-0.4, -0.2) is 22.9 Å². The van der Waals surface area contributed by atoms with Crippen LogP contribution in [0.1, 0.15) is 36.7 Å². The number of benzene rings is 1. The smallest absolute Gasteiger partial charge is 0.118 e. The van der Waals surface area contributed by atoms with E-state index < -0.39 is 0 Å². The molecule has 0 bridgehead atoms. The van der Waals surface area contributed by atoms with Gasteiger partial charge in [0.25, 0.3) is 0 Å². The summed E-state index contributed by atoms with van der Waals surface area (Å²) in [7, 11) is 3.67. The Bertz CT molecular complexity index is 574. The van der Waals surface area contributed by atoms with E-state index in [0.717, 1.165) is 12.2 Å². The number of nitrogens with zero attached hydrogens (tertiary/aromatic N) is 2. The van der Waals surface area contributed by atoms with Crippen molar-refractivity contribution in [2.24, 2.45) is 7.05 Å². The Kier molecular flexibility index (Phi) is 5.02. The van der Waals surface area contributed by atoms with Gasteiger partial charge in [0.15, 0.2) is 0 Å². The molecule has 0 saturated heterocycles. The van der Waals surface area contributed by atoms with Gasteiger partial charge in [-0.05, 0) is 44.9 Å². The fourth-order valence-electron chi connectivity index (χ4n) is 2.63. The van der Waals surface area contributed by atoms with Crippen molar-refractivity contribution in [3.05, 3.63) is 47.3 Å². The van der Waals surface area contributed by atoms with Gasteiger partial charge in [0.1, 0.15) is 5.75 Å². The summed E-state index contributed by atoms with van der Waals surface area (Å²) in [5, 5.41) is 7.95. The summed E-state index contributed by atoms with van der Waals surface area (Å²) >= 11 is 0. The molecule has 2 atom stereocenters. The lowest BCUT2D eigenvalue weighted by molar-refractivity contribution is 0.414. The summed E-state index contributed by atoms with van der Waals surface area (Å²) < 4.78 is 7.11. The molecular weight excluding hydrogens is 262 g/mol. The molecule has 0 amide bonds. The van der Waals surface area contributed by atoms with E-state index in [1.54, 1.807) is 7.11 Å². The van der Waals surface area contributed by atoms with Crippen LogP contribution in [0.25, 0.3) is 0 Å². The van der Waals surface area contributed by atoms with Gasteiger partial charge in [-0.3, -0.25) is 4.68 Å². The average molecular weight is 287 g/mol.